The predicted octanol–water partition coefficient (Wildman–Crippen LogP) is 4.81. The number of halogens is 6. The van der Waals surface area contributed by atoms with Gasteiger partial charge in [0.25, 0.3) is 0 Å². The van der Waals surface area contributed by atoms with E-state index in [1.54, 1.807) is 0 Å². The lowest BCUT2D eigenvalue weighted by molar-refractivity contribution is -0.193. The van der Waals surface area contributed by atoms with Gasteiger partial charge >= 0.3 is 24.3 Å². The van der Waals surface area contributed by atoms with Crippen molar-refractivity contribution in [3.63, 3.8) is 0 Å². The Hall–Kier alpha value is -3.43. The summed E-state index contributed by atoms with van der Waals surface area (Å²) in [4.78, 5) is 26.0. The van der Waals surface area contributed by atoms with Crippen LogP contribution in [0.15, 0.2) is 60.2 Å². The summed E-state index contributed by atoms with van der Waals surface area (Å²) in [5.41, 5.74) is 2.34. The molecular weight excluding hydrogens is 544 g/mol. The number of alkyl halides is 6. The van der Waals surface area contributed by atoms with E-state index in [4.69, 9.17) is 24.5 Å². The Morgan fingerprint density at radius 1 is 0.974 bits per heavy atom. The van der Waals surface area contributed by atoms with E-state index in [-0.39, 0.29) is 6.10 Å². The van der Waals surface area contributed by atoms with E-state index >= 15 is 0 Å². The van der Waals surface area contributed by atoms with Crippen molar-refractivity contribution in [3.05, 3.63) is 76.5 Å². The van der Waals surface area contributed by atoms with Gasteiger partial charge in [0.05, 0.1) is 18.4 Å². The van der Waals surface area contributed by atoms with Crippen molar-refractivity contribution in [1.82, 2.24) is 14.5 Å². The molecule has 0 saturated heterocycles. The fourth-order valence-corrected chi connectivity index (χ4v) is 3.91. The van der Waals surface area contributed by atoms with Gasteiger partial charge < -0.3 is 19.5 Å². The summed E-state index contributed by atoms with van der Waals surface area (Å²) in [6, 6.07) is 14.6. The molecule has 4 rings (SSSR count). The van der Waals surface area contributed by atoms with Crippen molar-refractivity contribution < 1.29 is 50.9 Å². The molecule has 1 atom stereocenters. The van der Waals surface area contributed by atoms with Crippen molar-refractivity contribution in [2.24, 2.45) is 0 Å². The number of fused-ring (bicyclic) bond motifs is 1. The molecule has 0 saturated carbocycles. The first-order valence-corrected chi connectivity index (χ1v) is 11.6. The van der Waals surface area contributed by atoms with Crippen LogP contribution in [0.4, 0.5) is 26.3 Å². The lowest BCUT2D eigenvalue weighted by atomic mass is 10.3. The normalized spacial score (nSPS) is 15.7. The minimum absolute atomic E-state index is 0.167. The Morgan fingerprint density at radius 2 is 1.63 bits per heavy atom. The number of hydrogen-bond donors (Lipinski definition) is 2. The Labute approximate surface area is 216 Å². The van der Waals surface area contributed by atoms with E-state index in [0.29, 0.717) is 6.61 Å². The summed E-state index contributed by atoms with van der Waals surface area (Å²) >= 11 is 1.82. The maximum absolute atomic E-state index is 10.6. The van der Waals surface area contributed by atoms with E-state index in [2.05, 4.69) is 50.3 Å². The molecule has 208 valence electrons. The summed E-state index contributed by atoms with van der Waals surface area (Å²) in [5, 5.41) is 16.4. The van der Waals surface area contributed by atoms with Gasteiger partial charge in [0, 0.05) is 49.1 Å². The molecule has 0 radical (unpaired) electrons. The van der Waals surface area contributed by atoms with E-state index in [0.717, 1.165) is 31.9 Å². The zero-order valence-corrected chi connectivity index (χ0v) is 20.3. The zero-order valence-electron chi connectivity index (χ0n) is 19.5. The molecule has 0 spiro atoms. The Balaban J connectivity index is 0.000000301. The first-order valence-electron chi connectivity index (χ1n) is 10.8. The number of pyridine rings is 1. The van der Waals surface area contributed by atoms with Crippen molar-refractivity contribution in [3.8, 4) is 0 Å². The van der Waals surface area contributed by atoms with Crippen LogP contribution in [0.25, 0.3) is 0 Å². The van der Waals surface area contributed by atoms with Gasteiger partial charge in [-0.15, -0.1) is 11.3 Å². The van der Waals surface area contributed by atoms with E-state index in [1.807, 2.05) is 35.7 Å². The van der Waals surface area contributed by atoms with Crippen LogP contribution < -0.4 is 0 Å². The quantitative estimate of drug-likeness (QED) is 0.427. The van der Waals surface area contributed by atoms with Gasteiger partial charge in [0.1, 0.15) is 0 Å². The summed E-state index contributed by atoms with van der Waals surface area (Å²) in [7, 11) is 0. The number of nitrogens with zero attached hydrogens (tertiary/aromatic N) is 3. The van der Waals surface area contributed by atoms with Crippen LogP contribution in [-0.2, 0) is 40.6 Å². The van der Waals surface area contributed by atoms with Crippen molar-refractivity contribution in [1.29, 1.82) is 0 Å². The highest BCUT2D eigenvalue weighted by Gasteiger charge is 2.38. The number of hydrogen-bond acceptors (Lipinski definition) is 6. The van der Waals surface area contributed by atoms with Gasteiger partial charge in [-0.25, -0.2) is 9.59 Å². The van der Waals surface area contributed by atoms with E-state index < -0.39 is 24.3 Å². The number of carboxylic acids is 2. The molecule has 0 amide bonds. The summed E-state index contributed by atoms with van der Waals surface area (Å²) in [5.74, 6) is -5.51. The Kier molecular flexibility index (Phi) is 11.3. The molecular formula is C23H23F6N3O5S. The third kappa shape index (κ3) is 10.9. The highest BCUT2D eigenvalue weighted by Crippen LogP contribution is 2.20. The molecule has 0 bridgehead atoms. The van der Waals surface area contributed by atoms with Gasteiger partial charge in [-0.2, -0.15) is 26.3 Å². The molecule has 38 heavy (non-hydrogen) atoms. The number of aliphatic carboxylic acids is 2. The van der Waals surface area contributed by atoms with E-state index in [9.17, 15) is 26.3 Å². The third-order valence-electron chi connectivity index (χ3n) is 4.81. The fourth-order valence-electron chi connectivity index (χ4n) is 3.17. The molecule has 0 aliphatic carbocycles. The maximum atomic E-state index is 10.6. The molecule has 2 N–H and O–H groups in total. The number of carboxylic acid groups (broad SMARTS) is 2. The smallest absolute Gasteiger partial charge is 0.475 e. The van der Waals surface area contributed by atoms with Crippen LogP contribution in [0.5, 0.6) is 0 Å². The lowest BCUT2D eigenvalue weighted by Gasteiger charge is -2.23. The van der Waals surface area contributed by atoms with Crippen LogP contribution in [0.1, 0.15) is 16.3 Å². The second-order valence-electron chi connectivity index (χ2n) is 7.76. The van der Waals surface area contributed by atoms with Crippen LogP contribution in [-0.4, -0.2) is 61.6 Å². The molecule has 1 aliphatic heterocycles. The topological polar surface area (TPSA) is 105 Å². The minimum atomic E-state index is -5.08. The standard InChI is InChI=1S/C19H21N3OS.2C2HF3O2/c1-2-8-20-16(5-1)15-23-18-12-21(14-19-7-4-10-24-19)11-17-6-3-9-22(17)13-18;2*3-2(4,5)1(6)7/h1-10,18H,11-15H2;2*(H,6,7). The Bertz CT molecular complexity index is 1110. The molecule has 0 fully saturated rings. The molecule has 1 unspecified atom stereocenters. The van der Waals surface area contributed by atoms with Gasteiger partial charge in [-0.1, -0.05) is 12.1 Å². The predicted molar refractivity (Wildman–Crippen MR) is 123 cm³/mol. The summed E-state index contributed by atoms with van der Waals surface area (Å²) in [6.45, 7) is 4.35. The van der Waals surface area contributed by atoms with Crippen molar-refractivity contribution in [2.45, 2.75) is 44.7 Å². The number of rotatable bonds is 5. The minimum Gasteiger partial charge on any atom is -0.475 e. The van der Waals surface area contributed by atoms with Crippen molar-refractivity contribution in [2.75, 3.05) is 6.54 Å². The van der Waals surface area contributed by atoms with Gasteiger partial charge in [0.2, 0.25) is 0 Å². The molecule has 3 aromatic rings. The fraction of sp³-hybridized carbons (Fsp3) is 0.348. The molecule has 8 nitrogen and oxygen atoms in total. The van der Waals surface area contributed by atoms with Crippen LogP contribution in [0, 0.1) is 0 Å². The van der Waals surface area contributed by atoms with E-state index in [1.165, 1.54) is 10.6 Å². The average molecular weight is 568 g/mol. The molecule has 4 heterocycles. The largest absolute Gasteiger partial charge is 0.490 e. The maximum Gasteiger partial charge on any atom is 0.490 e. The van der Waals surface area contributed by atoms with Crippen LogP contribution >= 0.6 is 11.3 Å². The van der Waals surface area contributed by atoms with Crippen LogP contribution in [0.2, 0.25) is 0 Å². The highest BCUT2D eigenvalue weighted by atomic mass is 32.1. The average Bonchev–Trinajstić information content (AvgIpc) is 3.47. The monoisotopic (exact) mass is 567 g/mol. The van der Waals surface area contributed by atoms with Crippen LogP contribution in [0.3, 0.4) is 0 Å². The molecule has 0 aromatic carbocycles. The number of ether oxygens (including phenoxy) is 1. The summed E-state index contributed by atoms with van der Waals surface area (Å²) in [6.07, 6.45) is -6.03. The lowest BCUT2D eigenvalue weighted by Crippen LogP contribution is -2.32. The number of carbonyl (C=O) groups is 2. The molecule has 15 heteroatoms. The zero-order chi connectivity index (χ0) is 28.3. The summed E-state index contributed by atoms with van der Waals surface area (Å²) < 4.78 is 72.0. The van der Waals surface area contributed by atoms with Gasteiger partial charge in [-0.3, -0.25) is 9.88 Å². The number of aromatic nitrogens is 2. The highest BCUT2D eigenvalue weighted by molar-refractivity contribution is 7.09. The Morgan fingerprint density at radius 3 is 2.16 bits per heavy atom. The first-order chi connectivity index (χ1) is 17.8. The van der Waals surface area contributed by atoms with Gasteiger partial charge in [-0.05, 0) is 35.7 Å². The van der Waals surface area contributed by atoms with Gasteiger partial charge in [0.15, 0.2) is 0 Å². The molecule has 1 aliphatic rings. The van der Waals surface area contributed by atoms with Crippen molar-refractivity contribution >= 4 is 23.3 Å². The SMILES string of the molecule is O=C(O)C(F)(F)F.O=C(O)C(F)(F)F.c1ccc(COC2CN(Cc3cccs3)Cc3cccn3C2)nc1. The number of thiophene rings is 1. The molecule has 3 aromatic heterocycles. The second kappa shape index (κ2) is 13.9. The second-order valence-corrected chi connectivity index (χ2v) is 8.79. The third-order valence-corrected chi connectivity index (χ3v) is 5.67. The first kappa shape index (κ1) is 30.8.